The summed E-state index contributed by atoms with van der Waals surface area (Å²) < 4.78 is 10.5. The summed E-state index contributed by atoms with van der Waals surface area (Å²) >= 11 is 0. The summed E-state index contributed by atoms with van der Waals surface area (Å²) in [6, 6.07) is 14.3. The second-order valence-electron chi connectivity index (χ2n) is 6.02. The van der Waals surface area contributed by atoms with E-state index >= 15 is 0 Å². The number of aliphatic imine (C=N–C) groups is 1. The van der Waals surface area contributed by atoms with Crippen molar-refractivity contribution in [2.24, 2.45) is 4.99 Å². The molecular weight excluding hydrogens is 326 g/mol. The van der Waals surface area contributed by atoms with Crippen molar-refractivity contribution in [3.05, 3.63) is 59.2 Å². The van der Waals surface area contributed by atoms with E-state index < -0.39 is 0 Å². The number of hydrogen-bond donors (Lipinski definition) is 2. The van der Waals surface area contributed by atoms with E-state index in [2.05, 4.69) is 46.8 Å². The number of aryl methyl sites for hydroxylation is 1. The highest BCUT2D eigenvalue weighted by molar-refractivity contribution is 5.79. The minimum absolute atomic E-state index is 0.628. The molecule has 0 aliphatic heterocycles. The molecule has 26 heavy (non-hydrogen) atoms. The van der Waals surface area contributed by atoms with Gasteiger partial charge < -0.3 is 20.1 Å². The lowest BCUT2D eigenvalue weighted by Gasteiger charge is -2.12. The number of ether oxygens (including phenoxy) is 2. The van der Waals surface area contributed by atoms with E-state index in [1.54, 1.807) is 14.2 Å². The van der Waals surface area contributed by atoms with Gasteiger partial charge in [-0.15, -0.1) is 0 Å². The van der Waals surface area contributed by atoms with Gasteiger partial charge in [0.1, 0.15) is 11.5 Å². The molecule has 0 fully saturated rings. The third-order valence-corrected chi connectivity index (χ3v) is 4.09. The molecule has 140 valence electrons. The monoisotopic (exact) mass is 355 g/mol. The molecule has 0 amide bonds. The Morgan fingerprint density at radius 2 is 1.69 bits per heavy atom. The van der Waals surface area contributed by atoms with Crippen LogP contribution in [0.3, 0.4) is 0 Å². The Kier molecular flexibility index (Phi) is 7.80. The maximum Gasteiger partial charge on any atom is 0.191 e. The Morgan fingerprint density at radius 3 is 2.31 bits per heavy atom. The highest BCUT2D eigenvalue weighted by atomic mass is 16.5. The minimum Gasteiger partial charge on any atom is -0.497 e. The van der Waals surface area contributed by atoms with Crippen molar-refractivity contribution in [1.29, 1.82) is 0 Å². The summed E-state index contributed by atoms with van der Waals surface area (Å²) in [6.07, 6.45) is 0.927. The van der Waals surface area contributed by atoms with Gasteiger partial charge in [0.05, 0.1) is 20.8 Å². The Labute approximate surface area is 156 Å². The number of guanidine groups is 1. The number of hydrogen-bond acceptors (Lipinski definition) is 3. The topological polar surface area (TPSA) is 54.9 Å². The molecule has 0 aliphatic rings. The van der Waals surface area contributed by atoms with Gasteiger partial charge in [-0.1, -0.05) is 24.3 Å². The number of nitrogens with one attached hydrogen (secondary N) is 2. The van der Waals surface area contributed by atoms with Crippen LogP contribution in [0.2, 0.25) is 0 Å². The summed E-state index contributed by atoms with van der Waals surface area (Å²) in [6.45, 7) is 6.39. The van der Waals surface area contributed by atoms with Gasteiger partial charge in [0, 0.05) is 13.1 Å². The fourth-order valence-corrected chi connectivity index (χ4v) is 2.67. The van der Waals surface area contributed by atoms with Crippen LogP contribution >= 0.6 is 0 Å². The molecule has 5 heteroatoms. The van der Waals surface area contributed by atoms with Gasteiger partial charge in [0.2, 0.25) is 0 Å². The Bertz CT molecular complexity index is 712. The molecule has 2 rings (SSSR count). The van der Waals surface area contributed by atoms with Crippen LogP contribution in [-0.4, -0.2) is 33.3 Å². The van der Waals surface area contributed by atoms with Crippen molar-refractivity contribution in [2.75, 3.05) is 27.3 Å². The zero-order chi connectivity index (χ0) is 18.8. The molecule has 0 heterocycles. The molecule has 2 aromatic rings. The van der Waals surface area contributed by atoms with Crippen molar-refractivity contribution < 1.29 is 9.47 Å². The fraction of sp³-hybridized carbons (Fsp3) is 0.381. The third kappa shape index (κ3) is 5.99. The first-order chi connectivity index (χ1) is 12.7. The van der Waals surface area contributed by atoms with Crippen LogP contribution in [0, 0.1) is 6.92 Å². The summed E-state index contributed by atoms with van der Waals surface area (Å²) in [5.41, 5.74) is 3.55. The SMILES string of the molecule is CCNC(=NCc1ccc(OC)c(C)c1)NCCc1ccc(OC)cc1. The molecule has 0 atom stereocenters. The van der Waals surface area contributed by atoms with Gasteiger partial charge in [-0.05, 0) is 55.2 Å². The number of benzene rings is 2. The van der Waals surface area contributed by atoms with Crippen LogP contribution in [0.4, 0.5) is 0 Å². The molecule has 2 N–H and O–H groups in total. The largest absolute Gasteiger partial charge is 0.497 e. The Morgan fingerprint density at radius 1 is 0.962 bits per heavy atom. The Hall–Kier alpha value is -2.69. The van der Waals surface area contributed by atoms with Crippen molar-refractivity contribution in [2.45, 2.75) is 26.8 Å². The first-order valence-electron chi connectivity index (χ1n) is 8.95. The fourth-order valence-electron chi connectivity index (χ4n) is 2.67. The van der Waals surface area contributed by atoms with E-state index in [9.17, 15) is 0 Å². The molecule has 0 aliphatic carbocycles. The average Bonchev–Trinajstić information content (AvgIpc) is 2.66. The second-order valence-corrected chi connectivity index (χ2v) is 6.02. The lowest BCUT2D eigenvalue weighted by molar-refractivity contribution is 0.411. The maximum absolute atomic E-state index is 5.31. The van der Waals surface area contributed by atoms with Gasteiger partial charge in [0.15, 0.2) is 5.96 Å². The average molecular weight is 355 g/mol. The zero-order valence-electron chi connectivity index (χ0n) is 16.1. The first-order valence-corrected chi connectivity index (χ1v) is 8.95. The molecule has 0 radical (unpaired) electrons. The van der Waals surface area contributed by atoms with E-state index in [0.29, 0.717) is 6.54 Å². The van der Waals surface area contributed by atoms with Crippen LogP contribution in [0.15, 0.2) is 47.5 Å². The molecule has 0 saturated carbocycles. The lowest BCUT2D eigenvalue weighted by Crippen LogP contribution is -2.38. The van der Waals surface area contributed by atoms with Gasteiger partial charge in [-0.3, -0.25) is 0 Å². The highest BCUT2D eigenvalue weighted by Crippen LogP contribution is 2.18. The van der Waals surface area contributed by atoms with Gasteiger partial charge in [0.25, 0.3) is 0 Å². The van der Waals surface area contributed by atoms with Crippen LogP contribution in [0.25, 0.3) is 0 Å². The molecule has 0 spiro atoms. The van der Waals surface area contributed by atoms with Gasteiger partial charge >= 0.3 is 0 Å². The van der Waals surface area contributed by atoms with Crippen molar-refractivity contribution >= 4 is 5.96 Å². The van der Waals surface area contributed by atoms with E-state index in [1.807, 2.05) is 25.1 Å². The molecule has 2 aromatic carbocycles. The van der Waals surface area contributed by atoms with E-state index in [1.165, 1.54) is 5.56 Å². The molecule has 0 unspecified atom stereocenters. The van der Waals surface area contributed by atoms with Crippen LogP contribution in [-0.2, 0) is 13.0 Å². The second kappa shape index (κ2) is 10.3. The predicted octanol–water partition coefficient (Wildman–Crippen LogP) is 3.31. The number of methoxy groups -OCH3 is 2. The van der Waals surface area contributed by atoms with Crippen molar-refractivity contribution in [3.8, 4) is 11.5 Å². The van der Waals surface area contributed by atoms with E-state index in [4.69, 9.17) is 9.47 Å². The minimum atomic E-state index is 0.628. The van der Waals surface area contributed by atoms with Crippen molar-refractivity contribution in [1.82, 2.24) is 10.6 Å². The normalized spacial score (nSPS) is 11.2. The predicted molar refractivity (Wildman–Crippen MR) is 107 cm³/mol. The van der Waals surface area contributed by atoms with Gasteiger partial charge in [-0.2, -0.15) is 0 Å². The van der Waals surface area contributed by atoms with Crippen LogP contribution in [0.1, 0.15) is 23.6 Å². The standard InChI is InChI=1S/C21H29N3O2/c1-5-22-21(23-13-12-17-6-9-19(25-3)10-7-17)24-15-18-8-11-20(26-4)16(2)14-18/h6-11,14H,5,12-13,15H2,1-4H3,(H2,22,23,24). The summed E-state index contributed by atoms with van der Waals surface area (Å²) in [5.74, 6) is 2.61. The highest BCUT2D eigenvalue weighted by Gasteiger charge is 2.02. The van der Waals surface area contributed by atoms with Crippen LogP contribution < -0.4 is 20.1 Å². The number of rotatable bonds is 8. The number of nitrogens with zero attached hydrogens (tertiary/aromatic N) is 1. The zero-order valence-corrected chi connectivity index (χ0v) is 16.1. The van der Waals surface area contributed by atoms with Crippen molar-refractivity contribution in [3.63, 3.8) is 0 Å². The lowest BCUT2D eigenvalue weighted by atomic mass is 10.1. The summed E-state index contributed by atoms with van der Waals surface area (Å²) in [7, 11) is 3.37. The molecular formula is C21H29N3O2. The summed E-state index contributed by atoms with van der Waals surface area (Å²) in [5, 5.41) is 6.68. The van der Waals surface area contributed by atoms with Gasteiger partial charge in [-0.25, -0.2) is 4.99 Å². The molecule has 0 aromatic heterocycles. The smallest absolute Gasteiger partial charge is 0.191 e. The third-order valence-electron chi connectivity index (χ3n) is 4.09. The molecule has 0 bridgehead atoms. The molecule has 0 saturated heterocycles. The molecule has 5 nitrogen and oxygen atoms in total. The maximum atomic E-state index is 5.31. The summed E-state index contributed by atoms with van der Waals surface area (Å²) in [4.78, 5) is 4.67. The van der Waals surface area contributed by atoms with E-state index in [-0.39, 0.29) is 0 Å². The quantitative estimate of drug-likeness (QED) is 0.563. The first kappa shape index (κ1) is 19.6. The van der Waals surface area contributed by atoms with E-state index in [0.717, 1.165) is 48.1 Å². The van der Waals surface area contributed by atoms with Crippen LogP contribution in [0.5, 0.6) is 11.5 Å². The Balaban J connectivity index is 1.90.